The number of benzene rings is 1. The summed E-state index contributed by atoms with van der Waals surface area (Å²) in [7, 11) is 1.56. The Kier molecular flexibility index (Phi) is 5.81. The normalized spacial score (nSPS) is 11.5. The van der Waals surface area contributed by atoms with Crippen molar-refractivity contribution in [3.8, 4) is 0 Å². The second-order valence-corrected chi connectivity index (χ2v) is 4.21. The minimum absolute atomic E-state index is 0.0320. The molecular formula is C13H20N4O2. The summed E-state index contributed by atoms with van der Waals surface area (Å²) in [6.45, 7) is 2.19. The van der Waals surface area contributed by atoms with Gasteiger partial charge in [-0.3, -0.25) is 4.79 Å². The van der Waals surface area contributed by atoms with E-state index in [-0.39, 0.29) is 24.4 Å². The van der Waals surface area contributed by atoms with Crippen molar-refractivity contribution in [2.45, 2.75) is 19.4 Å². The van der Waals surface area contributed by atoms with Crippen molar-refractivity contribution >= 4 is 17.6 Å². The van der Waals surface area contributed by atoms with Gasteiger partial charge in [-0.15, -0.1) is 0 Å². The number of hydrogen-bond acceptors (Lipinski definition) is 3. The first kappa shape index (κ1) is 15.0. The average Bonchev–Trinajstić information content (AvgIpc) is 2.39. The summed E-state index contributed by atoms with van der Waals surface area (Å²) < 4.78 is 0. The van der Waals surface area contributed by atoms with E-state index < -0.39 is 0 Å². The standard InChI is InChI=1S/C13H20N4O2/c1-9(14)10-3-5-11(6-4-10)17-13(19)16-8-7-12(18)15-2/h3-6,9H,7-8,14H2,1-2H3,(H,15,18)(H2,16,17,19). The third-order valence-electron chi connectivity index (χ3n) is 2.61. The van der Waals surface area contributed by atoms with Crippen molar-refractivity contribution in [1.82, 2.24) is 10.6 Å². The molecule has 0 spiro atoms. The van der Waals surface area contributed by atoms with Crippen LogP contribution in [-0.4, -0.2) is 25.5 Å². The number of nitrogens with two attached hydrogens (primary N) is 1. The van der Waals surface area contributed by atoms with Crippen LogP contribution in [0.1, 0.15) is 24.9 Å². The third kappa shape index (κ3) is 5.39. The van der Waals surface area contributed by atoms with Crippen LogP contribution < -0.4 is 21.7 Å². The molecule has 0 radical (unpaired) electrons. The fraction of sp³-hybridized carbons (Fsp3) is 0.385. The van der Waals surface area contributed by atoms with Crippen molar-refractivity contribution in [2.75, 3.05) is 18.9 Å². The molecule has 104 valence electrons. The molecule has 0 aromatic heterocycles. The number of carbonyl (C=O) groups is 2. The van der Waals surface area contributed by atoms with Gasteiger partial charge in [-0.05, 0) is 24.6 Å². The van der Waals surface area contributed by atoms with Gasteiger partial charge in [-0.2, -0.15) is 0 Å². The van der Waals surface area contributed by atoms with E-state index in [0.717, 1.165) is 5.56 Å². The van der Waals surface area contributed by atoms with Crippen molar-refractivity contribution in [2.24, 2.45) is 5.73 Å². The molecule has 1 aromatic rings. The number of anilines is 1. The molecule has 1 aromatic carbocycles. The van der Waals surface area contributed by atoms with Gasteiger partial charge >= 0.3 is 6.03 Å². The van der Waals surface area contributed by atoms with Gasteiger partial charge in [-0.1, -0.05) is 12.1 Å². The lowest BCUT2D eigenvalue weighted by Gasteiger charge is -2.09. The number of urea groups is 1. The minimum Gasteiger partial charge on any atom is -0.359 e. The van der Waals surface area contributed by atoms with Crippen molar-refractivity contribution in [3.05, 3.63) is 29.8 Å². The van der Waals surface area contributed by atoms with Gasteiger partial charge in [-0.25, -0.2) is 4.79 Å². The molecule has 19 heavy (non-hydrogen) atoms. The zero-order valence-electron chi connectivity index (χ0n) is 11.2. The molecule has 5 N–H and O–H groups in total. The van der Waals surface area contributed by atoms with Crippen molar-refractivity contribution in [1.29, 1.82) is 0 Å². The summed E-state index contributed by atoms with van der Waals surface area (Å²) in [5, 5.41) is 7.76. The molecule has 3 amide bonds. The fourth-order valence-electron chi connectivity index (χ4n) is 1.46. The molecular weight excluding hydrogens is 244 g/mol. The molecule has 6 nitrogen and oxygen atoms in total. The monoisotopic (exact) mass is 264 g/mol. The van der Waals surface area contributed by atoms with Crippen molar-refractivity contribution < 1.29 is 9.59 Å². The smallest absolute Gasteiger partial charge is 0.319 e. The zero-order chi connectivity index (χ0) is 14.3. The quantitative estimate of drug-likeness (QED) is 0.638. The predicted molar refractivity (Wildman–Crippen MR) is 74.7 cm³/mol. The minimum atomic E-state index is -0.336. The van der Waals surface area contributed by atoms with E-state index in [1.807, 2.05) is 19.1 Å². The highest BCUT2D eigenvalue weighted by Gasteiger charge is 2.04. The molecule has 1 rings (SSSR count). The lowest BCUT2D eigenvalue weighted by molar-refractivity contribution is -0.120. The molecule has 6 heteroatoms. The number of rotatable bonds is 5. The number of amides is 3. The summed E-state index contributed by atoms with van der Waals surface area (Å²) in [5.74, 6) is -0.110. The molecule has 1 unspecified atom stereocenters. The summed E-state index contributed by atoms with van der Waals surface area (Å²) in [4.78, 5) is 22.5. The number of hydrogen-bond donors (Lipinski definition) is 4. The Bertz CT molecular complexity index is 429. The zero-order valence-corrected chi connectivity index (χ0v) is 11.2. The first-order valence-corrected chi connectivity index (χ1v) is 6.14. The highest BCUT2D eigenvalue weighted by atomic mass is 16.2. The van der Waals surface area contributed by atoms with Crippen LogP contribution in [0.15, 0.2) is 24.3 Å². The Labute approximate surface area is 112 Å². The van der Waals surface area contributed by atoms with Crippen LogP contribution in [0.25, 0.3) is 0 Å². The first-order chi connectivity index (χ1) is 9.02. The Morgan fingerprint density at radius 3 is 2.42 bits per heavy atom. The lowest BCUT2D eigenvalue weighted by Crippen LogP contribution is -2.32. The predicted octanol–water partition coefficient (Wildman–Crippen LogP) is 0.964. The highest BCUT2D eigenvalue weighted by Crippen LogP contribution is 2.13. The van der Waals surface area contributed by atoms with E-state index in [1.165, 1.54) is 0 Å². The summed E-state index contributed by atoms with van der Waals surface area (Å²) in [5.41, 5.74) is 7.42. The molecule has 0 aliphatic heterocycles. The van der Waals surface area contributed by atoms with E-state index in [9.17, 15) is 9.59 Å². The topological polar surface area (TPSA) is 96.2 Å². The van der Waals surface area contributed by atoms with E-state index in [1.54, 1.807) is 19.2 Å². The summed E-state index contributed by atoms with van der Waals surface area (Å²) in [6.07, 6.45) is 0.257. The Morgan fingerprint density at radius 2 is 1.89 bits per heavy atom. The van der Waals surface area contributed by atoms with Crippen LogP contribution in [0.4, 0.5) is 10.5 Å². The van der Waals surface area contributed by atoms with Gasteiger partial charge in [0.1, 0.15) is 0 Å². The molecule has 0 aliphatic rings. The van der Waals surface area contributed by atoms with Crippen LogP contribution in [0.3, 0.4) is 0 Å². The second-order valence-electron chi connectivity index (χ2n) is 4.21. The van der Waals surface area contributed by atoms with Crippen molar-refractivity contribution in [3.63, 3.8) is 0 Å². The van der Waals surface area contributed by atoms with Gasteiger partial charge in [0.05, 0.1) is 0 Å². The van der Waals surface area contributed by atoms with Gasteiger partial charge in [0.25, 0.3) is 0 Å². The lowest BCUT2D eigenvalue weighted by atomic mass is 10.1. The van der Waals surface area contributed by atoms with Crippen LogP contribution in [0, 0.1) is 0 Å². The molecule has 0 fully saturated rings. The molecule has 0 saturated heterocycles. The largest absolute Gasteiger partial charge is 0.359 e. The fourth-order valence-corrected chi connectivity index (χ4v) is 1.46. The Balaban J connectivity index is 2.38. The van der Waals surface area contributed by atoms with Gasteiger partial charge in [0, 0.05) is 31.7 Å². The van der Waals surface area contributed by atoms with E-state index in [2.05, 4.69) is 16.0 Å². The molecule has 0 aliphatic carbocycles. The number of carbonyl (C=O) groups excluding carboxylic acids is 2. The average molecular weight is 264 g/mol. The molecule has 0 saturated carbocycles. The van der Waals surface area contributed by atoms with Gasteiger partial charge in [0.2, 0.25) is 5.91 Å². The van der Waals surface area contributed by atoms with Crippen LogP contribution in [0.2, 0.25) is 0 Å². The highest BCUT2D eigenvalue weighted by molar-refractivity contribution is 5.89. The molecule has 0 heterocycles. The van der Waals surface area contributed by atoms with Crippen LogP contribution in [-0.2, 0) is 4.79 Å². The first-order valence-electron chi connectivity index (χ1n) is 6.14. The van der Waals surface area contributed by atoms with Gasteiger partial charge < -0.3 is 21.7 Å². The Morgan fingerprint density at radius 1 is 1.26 bits per heavy atom. The third-order valence-corrected chi connectivity index (χ3v) is 2.61. The van der Waals surface area contributed by atoms with E-state index in [0.29, 0.717) is 12.2 Å². The van der Waals surface area contributed by atoms with E-state index >= 15 is 0 Å². The molecule has 0 bridgehead atoms. The summed E-state index contributed by atoms with van der Waals surface area (Å²) >= 11 is 0. The number of nitrogens with one attached hydrogen (secondary N) is 3. The van der Waals surface area contributed by atoms with Crippen LogP contribution >= 0.6 is 0 Å². The summed E-state index contributed by atoms with van der Waals surface area (Å²) in [6, 6.07) is 6.94. The molecule has 1 atom stereocenters. The second kappa shape index (κ2) is 7.38. The Hall–Kier alpha value is -2.08. The maximum Gasteiger partial charge on any atom is 0.319 e. The maximum atomic E-state index is 11.5. The van der Waals surface area contributed by atoms with Gasteiger partial charge in [0.15, 0.2) is 0 Å². The van der Waals surface area contributed by atoms with Crippen LogP contribution in [0.5, 0.6) is 0 Å². The van der Waals surface area contributed by atoms with E-state index in [4.69, 9.17) is 5.73 Å². The maximum absolute atomic E-state index is 11.5. The SMILES string of the molecule is CNC(=O)CCNC(=O)Nc1ccc(C(C)N)cc1.